The summed E-state index contributed by atoms with van der Waals surface area (Å²) in [6, 6.07) is 16.8. The average molecular weight is 389 g/mol. The van der Waals surface area contributed by atoms with Gasteiger partial charge >= 0.3 is 0 Å². The van der Waals surface area contributed by atoms with Crippen LogP contribution in [0.4, 0.5) is 0 Å². The largest absolute Gasteiger partial charge is 0.338 e. The maximum atomic E-state index is 12.7. The molecule has 2 aromatic carbocycles. The van der Waals surface area contributed by atoms with E-state index in [1.807, 2.05) is 73.2 Å². The van der Waals surface area contributed by atoms with E-state index >= 15 is 0 Å². The van der Waals surface area contributed by atoms with Crippen LogP contribution in [-0.4, -0.2) is 50.5 Å². The van der Waals surface area contributed by atoms with Crippen molar-refractivity contribution in [1.82, 2.24) is 9.80 Å². The van der Waals surface area contributed by atoms with Crippen molar-refractivity contribution in [2.45, 2.75) is 31.3 Å². The van der Waals surface area contributed by atoms with E-state index in [0.29, 0.717) is 24.5 Å². The molecule has 6 heteroatoms. The molecule has 0 N–H and O–H groups in total. The standard InChI is InChI=1S/C21H28N2O3S/c1-5-23(15-18-9-7-6-8-10-18)21(24)16-22(3)17(2)19-11-13-20(14-12-19)27(4,25)26/h6-14,17H,5,15-16H2,1-4H3. The number of sulfone groups is 1. The zero-order valence-electron chi connectivity index (χ0n) is 16.4. The lowest BCUT2D eigenvalue weighted by Gasteiger charge is -2.28. The van der Waals surface area contributed by atoms with Gasteiger partial charge in [-0.25, -0.2) is 8.42 Å². The average Bonchev–Trinajstić information content (AvgIpc) is 2.65. The molecule has 0 aliphatic carbocycles. The highest BCUT2D eigenvalue weighted by Gasteiger charge is 2.19. The van der Waals surface area contributed by atoms with E-state index in [9.17, 15) is 13.2 Å². The molecule has 5 nitrogen and oxygen atoms in total. The SMILES string of the molecule is CCN(Cc1ccccc1)C(=O)CN(C)C(C)c1ccc(S(C)(=O)=O)cc1. The van der Waals surface area contributed by atoms with Crippen molar-refractivity contribution in [2.24, 2.45) is 0 Å². The van der Waals surface area contributed by atoms with Crippen LogP contribution in [0, 0.1) is 0 Å². The molecule has 0 bridgehead atoms. The fourth-order valence-corrected chi connectivity index (χ4v) is 3.51. The maximum absolute atomic E-state index is 12.7. The van der Waals surface area contributed by atoms with Crippen molar-refractivity contribution in [1.29, 1.82) is 0 Å². The lowest BCUT2D eigenvalue weighted by molar-refractivity contribution is -0.133. The third-order valence-electron chi connectivity index (χ3n) is 4.79. The van der Waals surface area contributed by atoms with Gasteiger partial charge in [-0.2, -0.15) is 0 Å². The number of amides is 1. The minimum absolute atomic E-state index is 0.00186. The lowest BCUT2D eigenvalue weighted by atomic mass is 10.1. The monoisotopic (exact) mass is 388 g/mol. The third-order valence-corrected chi connectivity index (χ3v) is 5.92. The maximum Gasteiger partial charge on any atom is 0.237 e. The first-order valence-electron chi connectivity index (χ1n) is 9.04. The second-order valence-corrected chi connectivity index (χ2v) is 8.84. The van der Waals surface area contributed by atoms with E-state index in [0.717, 1.165) is 11.1 Å². The minimum Gasteiger partial charge on any atom is -0.338 e. The van der Waals surface area contributed by atoms with Gasteiger partial charge in [0.25, 0.3) is 0 Å². The summed E-state index contributed by atoms with van der Waals surface area (Å²) in [5, 5.41) is 0. The first kappa shape index (κ1) is 21.1. The number of hydrogen-bond acceptors (Lipinski definition) is 4. The molecule has 0 saturated heterocycles. The Hall–Kier alpha value is -2.18. The predicted molar refractivity (Wildman–Crippen MR) is 108 cm³/mol. The number of benzene rings is 2. The Bertz CT molecular complexity index is 849. The van der Waals surface area contributed by atoms with Crippen molar-refractivity contribution in [2.75, 3.05) is 26.4 Å². The number of rotatable bonds is 8. The van der Waals surface area contributed by atoms with Gasteiger partial charge in [-0.05, 0) is 44.2 Å². The van der Waals surface area contributed by atoms with Gasteiger partial charge < -0.3 is 4.90 Å². The van der Waals surface area contributed by atoms with E-state index in [1.54, 1.807) is 12.1 Å². The number of nitrogens with zero attached hydrogens (tertiary/aromatic N) is 2. The fraction of sp³-hybridized carbons (Fsp3) is 0.381. The number of carbonyl (C=O) groups excluding carboxylic acids is 1. The first-order valence-corrected chi connectivity index (χ1v) is 10.9. The summed E-state index contributed by atoms with van der Waals surface area (Å²) >= 11 is 0. The fourth-order valence-electron chi connectivity index (χ4n) is 2.88. The molecule has 0 aromatic heterocycles. The van der Waals surface area contributed by atoms with Crippen LogP contribution in [0.25, 0.3) is 0 Å². The summed E-state index contributed by atoms with van der Waals surface area (Å²) in [5.74, 6) is 0.0726. The van der Waals surface area contributed by atoms with Gasteiger partial charge in [0.2, 0.25) is 5.91 Å². The Morgan fingerprint density at radius 2 is 1.63 bits per heavy atom. The molecule has 1 atom stereocenters. The van der Waals surface area contributed by atoms with E-state index in [4.69, 9.17) is 0 Å². The number of hydrogen-bond donors (Lipinski definition) is 0. The smallest absolute Gasteiger partial charge is 0.237 e. The third kappa shape index (κ3) is 5.91. The molecule has 1 unspecified atom stereocenters. The van der Waals surface area contributed by atoms with Gasteiger partial charge in [-0.3, -0.25) is 9.69 Å². The van der Waals surface area contributed by atoms with Crippen LogP contribution in [-0.2, 0) is 21.2 Å². The highest BCUT2D eigenvalue weighted by molar-refractivity contribution is 7.90. The predicted octanol–water partition coefficient (Wildman–Crippen LogP) is 3.13. The van der Waals surface area contributed by atoms with Gasteiger partial charge in [-0.15, -0.1) is 0 Å². The van der Waals surface area contributed by atoms with E-state index in [1.165, 1.54) is 6.26 Å². The first-order chi connectivity index (χ1) is 12.7. The summed E-state index contributed by atoms with van der Waals surface area (Å²) in [7, 11) is -1.30. The molecule has 0 radical (unpaired) electrons. The molecule has 27 heavy (non-hydrogen) atoms. The Kier molecular flexibility index (Phi) is 7.16. The lowest BCUT2D eigenvalue weighted by Crippen LogP contribution is -2.39. The number of likely N-dealkylation sites (N-methyl/N-ethyl adjacent to an activating group) is 2. The second-order valence-electron chi connectivity index (χ2n) is 6.83. The van der Waals surface area contributed by atoms with Crippen LogP contribution in [0.1, 0.15) is 31.0 Å². The van der Waals surface area contributed by atoms with Crippen molar-refractivity contribution < 1.29 is 13.2 Å². The second kappa shape index (κ2) is 9.15. The van der Waals surface area contributed by atoms with E-state index < -0.39 is 9.84 Å². The molecule has 0 fully saturated rings. The van der Waals surface area contributed by atoms with Crippen molar-refractivity contribution in [3.63, 3.8) is 0 Å². The normalized spacial score (nSPS) is 12.8. The van der Waals surface area contributed by atoms with Crippen LogP contribution in [0.2, 0.25) is 0 Å². The minimum atomic E-state index is -3.20. The highest BCUT2D eigenvalue weighted by atomic mass is 32.2. The number of carbonyl (C=O) groups is 1. The molecule has 2 aromatic rings. The van der Waals surface area contributed by atoms with Crippen LogP contribution in [0.15, 0.2) is 59.5 Å². The molecule has 0 spiro atoms. The summed E-state index contributed by atoms with van der Waals surface area (Å²) < 4.78 is 23.2. The van der Waals surface area contributed by atoms with Crippen LogP contribution >= 0.6 is 0 Å². The molecule has 2 rings (SSSR count). The van der Waals surface area contributed by atoms with Crippen molar-refractivity contribution in [3.05, 3.63) is 65.7 Å². The molecule has 0 aliphatic rings. The van der Waals surface area contributed by atoms with Gasteiger partial charge in [-0.1, -0.05) is 42.5 Å². The molecule has 0 aliphatic heterocycles. The Labute approximate surface area is 162 Å². The van der Waals surface area contributed by atoms with E-state index in [2.05, 4.69) is 0 Å². The highest BCUT2D eigenvalue weighted by Crippen LogP contribution is 2.21. The Morgan fingerprint density at radius 3 is 2.15 bits per heavy atom. The molecular formula is C21H28N2O3S. The van der Waals surface area contributed by atoms with E-state index in [-0.39, 0.29) is 11.9 Å². The van der Waals surface area contributed by atoms with Crippen molar-refractivity contribution in [3.8, 4) is 0 Å². The quantitative estimate of drug-likeness (QED) is 0.697. The molecule has 1 amide bonds. The zero-order chi connectivity index (χ0) is 20.0. The van der Waals surface area contributed by atoms with Gasteiger partial charge in [0, 0.05) is 25.4 Å². The van der Waals surface area contributed by atoms with Crippen molar-refractivity contribution >= 4 is 15.7 Å². The van der Waals surface area contributed by atoms with Gasteiger partial charge in [0.15, 0.2) is 9.84 Å². The summed E-state index contributed by atoms with van der Waals surface area (Å²) in [6.07, 6.45) is 1.20. The van der Waals surface area contributed by atoms with Gasteiger partial charge in [0.1, 0.15) is 0 Å². The molecule has 146 valence electrons. The molecule has 0 saturated carbocycles. The Balaban J connectivity index is 2.01. The van der Waals surface area contributed by atoms with Crippen LogP contribution in [0.5, 0.6) is 0 Å². The topological polar surface area (TPSA) is 57.7 Å². The summed E-state index contributed by atoms with van der Waals surface area (Å²) in [4.78, 5) is 16.8. The molecular weight excluding hydrogens is 360 g/mol. The summed E-state index contributed by atoms with van der Waals surface area (Å²) in [6.45, 7) is 5.54. The van der Waals surface area contributed by atoms with Crippen LogP contribution < -0.4 is 0 Å². The van der Waals surface area contributed by atoms with Gasteiger partial charge in [0.05, 0.1) is 11.4 Å². The summed E-state index contributed by atoms with van der Waals surface area (Å²) in [5.41, 5.74) is 2.09. The molecule has 0 heterocycles. The Morgan fingerprint density at radius 1 is 1.04 bits per heavy atom. The zero-order valence-corrected chi connectivity index (χ0v) is 17.2. The van der Waals surface area contributed by atoms with Crippen LogP contribution in [0.3, 0.4) is 0 Å².